The first-order valence-electron chi connectivity index (χ1n) is 4.65. The van der Waals surface area contributed by atoms with Gasteiger partial charge >= 0.3 is 0 Å². The highest BCUT2D eigenvalue weighted by atomic mass is 35.5. The second kappa shape index (κ2) is 5.16. The molecular weight excluding hydrogens is 263 g/mol. The molecule has 0 aliphatic carbocycles. The normalized spacial score (nSPS) is 10.1. The van der Waals surface area contributed by atoms with Crippen LogP contribution in [0.5, 0.6) is 5.75 Å². The Balaban J connectivity index is 2.29. The van der Waals surface area contributed by atoms with E-state index in [0.29, 0.717) is 22.3 Å². The quantitative estimate of drug-likeness (QED) is 0.929. The van der Waals surface area contributed by atoms with E-state index in [1.165, 1.54) is 6.20 Å². The molecule has 0 saturated heterocycles. The van der Waals surface area contributed by atoms with Gasteiger partial charge in [0.2, 0.25) is 5.28 Å². The minimum Gasteiger partial charge on any atom is -0.497 e. The summed E-state index contributed by atoms with van der Waals surface area (Å²) >= 11 is 11.7. The molecule has 0 fully saturated rings. The molecular formula is C10H8Cl2N4O. The molecule has 0 unspecified atom stereocenters. The van der Waals surface area contributed by atoms with Crippen molar-refractivity contribution < 1.29 is 4.74 Å². The predicted octanol–water partition coefficient (Wildman–Crippen LogP) is 2.93. The van der Waals surface area contributed by atoms with Gasteiger partial charge in [-0.05, 0) is 23.7 Å². The summed E-state index contributed by atoms with van der Waals surface area (Å²) in [6.45, 7) is 0. The Morgan fingerprint density at radius 2 is 2.12 bits per heavy atom. The molecule has 0 bridgehead atoms. The molecule has 0 saturated carbocycles. The molecule has 5 nitrogen and oxygen atoms in total. The number of benzene rings is 1. The van der Waals surface area contributed by atoms with Gasteiger partial charge in [0.25, 0.3) is 0 Å². The summed E-state index contributed by atoms with van der Waals surface area (Å²) in [6.07, 6.45) is 1.45. The van der Waals surface area contributed by atoms with E-state index in [1.54, 1.807) is 25.3 Å². The molecule has 0 spiro atoms. The number of anilines is 2. The molecule has 0 aliphatic heterocycles. The zero-order valence-electron chi connectivity index (χ0n) is 8.82. The molecule has 0 radical (unpaired) electrons. The number of nitrogens with one attached hydrogen (secondary N) is 1. The molecule has 17 heavy (non-hydrogen) atoms. The van der Waals surface area contributed by atoms with Crippen LogP contribution in [-0.2, 0) is 0 Å². The zero-order chi connectivity index (χ0) is 12.3. The maximum Gasteiger partial charge on any atom is 0.244 e. The van der Waals surface area contributed by atoms with Crippen LogP contribution >= 0.6 is 23.2 Å². The topological polar surface area (TPSA) is 59.9 Å². The summed E-state index contributed by atoms with van der Waals surface area (Å²) in [5.74, 6) is 1.14. The fraction of sp³-hybridized carbons (Fsp3) is 0.100. The molecule has 2 aromatic rings. The van der Waals surface area contributed by atoms with Crippen molar-refractivity contribution in [1.29, 1.82) is 0 Å². The van der Waals surface area contributed by atoms with Gasteiger partial charge < -0.3 is 10.1 Å². The number of aromatic nitrogens is 3. The molecule has 1 heterocycles. The number of methoxy groups -OCH3 is 1. The number of halogens is 2. The fourth-order valence-corrected chi connectivity index (χ4v) is 1.51. The number of nitrogens with zero attached hydrogens (tertiary/aromatic N) is 3. The lowest BCUT2D eigenvalue weighted by Crippen LogP contribution is -1.97. The standard InChI is InChI=1S/C10H8Cl2N4O/c1-17-6-2-3-7(11)8(4-6)14-9-5-13-16-10(12)15-9/h2-5H,1H3,(H,14,15,16). The Bertz CT molecular complexity index is 535. The SMILES string of the molecule is COc1ccc(Cl)c(Nc2cnnc(Cl)n2)c1. The molecule has 88 valence electrons. The highest BCUT2D eigenvalue weighted by molar-refractivity contribution is 6.33. The minimum absolute atomic E-state index is 0.0639. The van der Waals surface area contributed by atoms with Gasteiger partial charge in [-0.15, -0.1) is 5.10 Å². The second-order valence-corrected chi connectivity index (χ2v) is 3.83. The van der Waals surface area contributed by atoms with Gasteiger partial charge in [-0.2, -0.15) is 10.1 Å². The average molecular weight is 271 g/mol. The Morgan fingerprint density at radius 3 is 2.82 bits per heavy atom. The fourth-order valence-electron chi connectivity index (χ4n) is 1.21. The molecule has 0 amide bonds. The van der Waals surface area contributed by atoms with E-state index in [-0.39, 0.29) is 5.28 Å². The first-order chi connectivity index (χ1) is 8.19. The zero-order valence-corrected chi connectivity index (χ0v) is 10.3. The number of rotatable bonds is 3. The summed E-state index contributed by atoms with van der Waals surface area (Å²) < 4.78 is 5.10. The van der Waals surface area contributed by atoms with Gasteiger partial charge in [0, 0.05) is 6.07 Å². The lowest BCUT2D eigenvalue weighted by Gasteiger charge is -2.08. The first-order valence-corrected chi connectivity index (χ1v) is 5.40. The van der Waals surface area contributed by atoms with Crippen LogP contribution in [0.25, 0.3) is 0 Å². The van der Waals surface area contributed by atoms with E-state index in [0.717, 1.165) is 0 Å². The lowest BCUT2D eigenvalue weighted by atomic mass is 10.3. The van der Waals surface area contributed by atoms with Crippen LogP contribution in [0.15, 0.2) is 24.4 Å². The first kappa shape index (κ1) is 11.9. The minimum atomic E-state index is 0.0639. The van der Waals surface area contributed by atoms with Crippen LogP contribution < -0.4 is 10.1 Å². The third-order valence-electron chi connectivity index (χ3n) is 1.97. The maximum atomic E-state index is 6.03. The van der Waals surface area contributed by atoms with Crippen LogP contribution in [0.2, 0.25) is 10.3 Å². The maximum absolute atomic E-state index is 6.03. The van der Waals surface area contributed by atoms with Gasteiger partial charge in [-0.25, -0.2) is 0 Å². The molecule has 0 aliphatic rings. The van der Waals surface area contributed by atoms with Crippen LogP contribution in [0, 0.1) is 0 Å². The van der Waals surface area contributed by atoms with E-state index in [2.05, 4.69) is 20.5 Å². The van der Waals surface area contributed by atoms with Crippen molar-refractivity contribution in [2.45, 2.75) is 0 Å². The van der Waals surface area contributed by atoms with E-state index in [4.69, 9.17) is 27.9 Å². The van der Waals surface area contributed by atoms with Crippen LogP contribution in [0.4, 0.5) is 11.5 Å². The molecule has 1 aromatic heterocycles. The van der Waals surface area contributed by atoms with Crippen LogP contribution in [0.3, 0.4) is 0 Å². The Kier molecular flexibility index (Phi) is 3.61. The summed E-state index contributed by atoms with van der Waals surface area (Å²) in [7, 11) is 1.58. The van der Waals surface area contributed by atoms with Crippen molar-refractivity contribution >= 4 is 34.7 Å². The Labute approximate surface area is 108 Å². The summed E-state index contributed by atoms with van der Waals surface area (Å²) in [5.41, 5.74) is 0.655. The largest absolute Gasteiger partial charge is 0.497 e. The van der Waals surface area contributed by atoms with Crippen molar-refractivity contribution in [2.24, 2.45) is 0 Å². The average Bonchev–Trinajstić information content (AvgIpc) is 2.32. The predicted molar refractivity (Wildman–Crippen MR) is 66.1 cm³/mol. The van der Waals surface area contributed by atoms with Gasteiger partial charge in [0.1, 0.15) is 5.75 Å². The van der Waals surface area contributed by atoms with Gasteiger partial charge in [0.05, 0.1) is 24.0 Å². The summed E-state index contributed by atoms with van der Waals surface area (Å²) in [4.78, 5) is 3.95. The van der Waals surface area contributed by atoms with E-state index < -0.39 is 0 Å². The molecule has 1 N–H and O–H groups in total. The highest BCUT2D eigenvalue weighted by Crippen LogP contribution is 2.28. The molecule has 2 rings (SSSR count). The van der Waals surface area contributed by atoms with Crippen LogP contribution in [-0.4, -0.2) is 22.3 Å². The van der Waals surface area contributed by atoms with Gasteiger partial charge in [-0.1, -0.05) is 11.6 Å². The Hall–Kier alpha value is -1.59. The third-order valence-corrected chi connectivity index (χ3v) is 2.46. The monoisotopic (exact) mass is 270 g/mol. The van der Waals surface area contributed by atoms with Crippen molar-refractivity contribution in [3.63, 3.8) is 0 Å². The van der Waals surface area contributed by atoms with E-state index in [1.807, 2.05) is 0 Å². The van der Waals surface area contributed by atoms with Crippen LogP contribution in [0.1, 0.15) is 0 Å². The number of hydrogen-bond acceptors (Lipinski definition) is 5. The lowest BCUT2D eigenvalue weighted by molar-refractivity contribution is 0.415. The van der Waals surface area contributed by atoms with E-state index in [9.17, 15) is 0 Å². The highest BCUT2D eigenvalue weighted by Gasteiger charge is 2.04. The number of hydrogen-bond donors (Lipinski definition) is 1. The summed E-state index contributed by atoms with van der Waals surface area (Å²) in [5, 5.41) is 10.8. The smallest absolute Gasteiger partial charge is 0.244 e. The van der Waals surface area contributed by atoms with Gasteiger partial charge in [-0.3, -0.25) is 0 Å². The summed E-state index contributed by atoms with van der Waals surface area (Å²) in [6, 6.07) is 5.23. The van der Waals surface area contributed by atoms with Crippen molar-refractivity contribution in [3.05, 3.63) is 34.7 Å². The number of ether oxygens (including phenoxy) is 1. The van der Waals surface area contributed by atoms with Crippen molar-refractivity contribution in [3.8, 4) is 5.75 Å². The van der Waals surface area contributed by atoms with E-state index >= 15 is 0 Å². The third kappa shape index (κ3) is 2.95. The molecule has 1 aromatic carbocycles. The molecule has 0 atom stereocenters. The van der Waals surface area contributed by atoms with Crippen molar-refractivity contribution in [2.75, 3.05) is 12.4 Å². The molecule has 7 heteroatoms. The Morgan fingerprint density at radius 1 is 1.29 bits per heavy atom. The van der Waals surface area contributed by atoms with Crippen molar-refractivity contribution in [1.82, 2.24) is 15.2 Å². The second-order valence-electron chi connectivity index (χ2n) is 3.08. The van der Waals surface area contributed by atoms with Gasteiger partial charge in [0.15, 0.2) is 5.82 Å².